The van der Waals surface area contributed by atoms with Gasteiger partial charge in [0.25, 0.3) is 0 Å². The van der Waals surface area contributed by atoms with Gasteiger partial charge in [0.1, 0.15) is 0 Å². The van der Waals surface area contributed by atoms with Gasteiger partial charge >= 0.3 is 0 Å². The first-order valence-corrected chi connectivity index (χ1v) is 3.09. The van der Waals surface area contributed by atoms with Gasteiger partial charge in [0.15, 0.2) is 11.6 Å². The van der Waals surface area contributed by atoms with E-state index in [1.165, 1.54) is 12.1 Å². The minimum absolute atomic E-state index is 0.0248. The molecule has 0 aliphatic carbocycles. The molecule has 2 nitrogen and oxygen atoms in total. The van der Waals surface area contributed by atoms with Gasteiger partial charge in [0, 0.05) is 12.1 Å². The van der Waals surface area contributed by atoms with Crippen molar-refractivity contribution in [3.05, 3.63) is 29.3 Å². The van der Waals surface area contributed by atoms with Crippen LogP contribution in [0.5, 0.6) is 0 Å². The first-order valence-electron chi connectivity index (χ1n) is 3.09. The van der Waals surface area contributed by atoms with Crippen molar-refractivity contribution in [1.82, 2.24) is 0 Å². The zero-order chi connectivity index (χ0) is 8.43. The van der Waals surface area contributed by atoms with Gasteiger partial charge in [-0.05, 0) is 6.07 Å². The summed E-state index contributed by atoms with van der Waals surface area (Å²) in [6.07, 6.45) is 0. The summed E-state index contributed by atoms with van der Waals surface area (Å²) < 4.78 is 25.4. The molecular formula is C7H8F2N2. The van der Waals surface area contributed by atoms with Gasteiger partial charge in [-0.2, -0.15) is 0 Å². The molecule has 0 aliphatic heterocycles. The first kappa shape index (κ1) is 7.94. The monoisotopic (exact) mass is 158 g/mol. The number of benzene rings is 1. The molecule has 0 aliphatic rings. The lowest BCUT2D eigenvalue weighted by molar-refractivity contribution is 0.502. The summed E-state index contributed by atoms with van der Waals surface area (Å²) in [5, 5.41) is 0. The predicted octanol–water partition coefficient (Wildman–Crippen LogP) is 1.01. The number of rotatable bonds is 1. The zero-order valence-electron chi connectivity index (χ0n) is 5.77. The molecule has 0 amide bonds. The van der Waals surface area contributed by atoms with E-state index in [4.69, 9.17) is 11.5 Å². The van der Waals surface area contributed by atoms with Gasteiger partial charge in [0.05, 0.1) is 5.69 Å². The van der Waals surface area contributed by atoms with Gasteiger partial charge in [-0.25, -0.2) is 8.78 Å². The number of halogens is 2. The molecular weight excluding hydrogens is 150 g/mol. The second kappa shape index (κ2) is 2.84. The molecule has 0 fully saturated rings. The van der Waals surface area contributed by atoms with Crippen molar-refractivity contribution in [2.45, 2.75) is 6.54 Å². The summed E-state index contributed by atoms with van der Waals surface area (Å²) in [4.78, 5) is 0. The Balaban J connectivity index is 3.25. The van der Waals surface area contributed by atoms with E-state index in [2.05, 4.69) is 0 Å². The molecule has 4 heteroatoms. The van der Waals surface area contributed by atoms with E-state index in [-0.39, 0.29) is 17.8 Å². The fraction of sp³-hybridized carbons (Fsp3) is 0.143. The highest BCUT2D eigenvalue weighted by Crippen LogP contribution is 2.16. The van der Waals surface area contributed by atoms with Crippen LogP contribution in [0.1, 0.15) is 5.56 Å². The summed E-state index contributed by atoms with van der Waals surface area (Å²) in [7, 11) is 0. The standard InChI is InChI=1S/C7H8F2N2/c8-6-4(3-10)1-2-5(11)7(6)9/h1-2H,3,10-11H2. The Kier molecular flexibility index (Phi) is 2.05. The van der Waals surface area contributed by atoms with E-state index in [1.807, 2.05) is 0 Å². The highest BCUT2D eigenvalue weighted by atomic mass is 19.2. The quantitative estimate of drug-likeness (QED) is 0.599. The largest absolute Gasteiger partial charge is 0.396 e. The topological polar surface area (TPSA) is 52.0 Å². The molecule has 0 saturated heterocycles. The highest BCUT2D eigenvalue weighted by molar-refractivity contribution is 5.42. The Morgan fingerprint density at radius 1 is 1.18 bits per heavy atom. The van der Waals surface area contributed by atoms with Crippen molar-refractivity contribution in [1.29, 1.82) is 0 Å². The average Bonchev–Trinajstić information content (AvgIpc) is 2.01. The third-order valence-corrected chi connectivity index (χ3v) is 1.41. The normalized spacial score (nSPS) is 10.1. The molecule has 0 aromatic heterocycles. The summed E-state index contributed by atoms with van der Waals surface area (Å²) >= 11 is 0. The molecule has 1 aromatic carbocycles. The fourth-order valence-corrected chi connectivity index (χ4v) is 0.762. The molecule has 0 heterocycles. The zero-order valence-corrected chi connectivity index (χ0v) is 5.77. The molecule has 0 spiro atoms. The summed E-state index contributed by atoms with van der Waals surface area (Å²) in [5.74, 6) is -1.97. The number of nitrogens with two attached hydrogens (primary N) is 2. The molecule has 0 unspecified atom stereocenters. The van der Waals surface area contributed by atoms with Crippen LogP contribution in [0.2, 0.25) is 0 Å². The van der Waals surface area contributed by atoms with E-state index in [1.54, 1.807) is 0 Å². The van der Waals surface area contributed by atoms with Crippen molar-refractivity contribution < 1.29 is 8.78 Å². The maximum absolute atomic E-state index is 12.7. The highest BCUT2D eigenvalue weighted by Gasteiger charge is 2.09. The van der Waals surface area contributed by atoms with E-state index in [0.29, 0.717) is 0 Å². The van der Waals surface area contributed by atoms with Gasteiger partial charge < -0.3 is 11.5 Å². The van der Waals surface area contributed by atoms with E-state index in [9.17, 15) is 8.78 Å². The fourth-order valence-electron chi connectivity index (χ4n) is 0.762. The smallest absolute Gasteiger partial charge is 0.181 e. The van der Waals surface area contributed by atoms with Gasteiger partial charge in [-0.3, -0.25) is 0 Å². The average molecular weight is 158 g/mol. The van der Waals surface area contributed by atoms with Crippen molar-refractivity contribution >= 4 is 5.69 Å². The molecule has 0 radical (unpaired) electrons. The lowest BCUT2D eigenvalue weighted by Gasteiger charge is -2.01. The summed E-state index contributed by atoms with van der Waals surface area (Å²) in [6, 6.07) is 2.66. The molecule has 4 N–H and O–H groups in total. The van der Waals surface area contributed by atoms with Crippen LogP contribution in [0, 0.1) is 11.6 Å². The molecule has 1 aromatic rings. The van der Waals surface area contributed by atoms with Gasteiger partial charge in [-0.1, -0.05) is 6.07 Å². The SMILES string of the molecule is NCc1ccc(N)c(F)c1F. The van der Waals surface area contributed by atoms with E-state index < -0.39 is 11.6 Å². The second-order valence-corrected chi connectivity index (χ2v) is 2.15. The first-order chi connectivity index (χ1) is 5.16. The molecule has 60 valence electrons. The second-order valence-electron chi connectivity index (χ2n) is 2.15. The third-order valence-electron chi connectivity index (χ3n) is 1.41. The lowest BCUT2D eigenvalue weighted by Crippen LogP contribution is -2.03. The predicted molar refractivity (Wildman–Crippen MR) is 38.7 cm³/mol. The van der Waals surface area contributed by atoms with Crippen LogP contribution < -0.4 is 11.5 Å². The van der Waals surface area contributed by atoms with Crippen LogP contribution in [-0.2, 0) is 6.54 Å². The Hall–Kier alpha value is -1.16. The Morgan fingerprint density at radius 2 is 1.82 bits per heavy atom. The van der Waals surface area contributed by atoms with Crippen molar-refractivity contribution in [2.75, 3.05) is 5.73 Å². The molecule has 0 bridgehead atoms. The minimum atomic E-state index is -1.02. The van der Waals surface area contributed by atoms with Crippen LogP contribution >= 0.6 is 0 Å². The third kappa shape index (κ3) is 1.30. The Morgan fingerprint density at radius 3 is 2.36 bits per heavy atom. The summed E-state index contributed by atoms with van der Waals surface area (Å²) in [6.45, 7) is -0.0248. The van der Waals surface area contributed by atoms with Crippen LogP contribution in [0.4, 0.5) is 14.5 Å². The number of nitrogen functional groups attached to an aromatic ring is 1. The Bertz CT molecular complexity index is 273. The molecule has 0 saturated carbocycles. The van der Waals surface area contributed by atoms with Gasteiger partial charge in [-0.15, -0.1) is 0 Å². The number of hydrogen-bond donors (Lipinski definition) is 2. The lowest BCUT2D eigenvalue weighted by atomic mass is 10.2. The van der Waals surface area contributed by atoms with Crippen molar-refractivity contribution in [3.63, 3.8) is 0 Å². The minimum Gasteiger partial charge on any atom is -0.396 e. The van der Waals surface area contributed by atoms with Crippen LogP contribution in [0.3, 0.4) is 0 Å². The van der Waals surface area contributed by atoms with Crippen LogP contribution in [-0.4, -0.2) is 0 Å². The van der Waals surface area contributed by atoms with E-state index >= 15 is 0 Å². The number of anilines is 1. The van der Waals surface area contributed by atoms with E-state index in [0.717, 1.165) is 0 Å². The van der Waals surface area contributed by atoms with Crippen LogP contribution in [0.25, 0.3) is 0 Å². The van der Waals surface area contributed by atoms with Crippen molar-refractivity contribution in [2.24, 2.45) is 5.73 Å². The molecule has 0 atom stereocenters. The van der Waals surface area contributed by atoms with Gasteiger partial charge in [0.2, 0.25) is 0 Å². The maximum atomic E-state index is 12.7. The molecule has 11 heavy (non-hydrogen) atoms. The Labute approximate surface area is 62.8 Å². The van der Waals surface area contributed by atoms with Crippen LogP contribution in [0.15, 0.2) is 12.1 Å². The maximum Gasteiger partial charge on any atom is 0.181 e. The summed E-state index contributed by atoms with van der Waals surface area (Å²) in [5.41, 5.74) is 10.2. The van der Waals surface area contributed by atoms with Crippen molar-refractivity contribution in [3.8, 4) is 0 Å². The number of hydrogen-bond acceptors (Lipinski definition) is 2. The molecule has 1 rings (SSSR count).